The molecule has 0 saturated heterocycles. The van der Waals surface area contributed by atoms with Crippen LogP contribution in [0.4, 0.5) is 5.00 Å². The molecule has 0 bridgehead atoms. The van der Waals surface area contributed by atoms with Gasteiger partial charge in [-0.1, -0.05) is 0 Å². The number of carbonyl (C=O) groups is 1. The minimum Gasteiger partial charge on any atom is -0.477 e. The zero-order chi connectivity index (χ0) is 11.9. The van der Waals surface area contributed by atoms with Gasteiger partial charge in [0.2, 0.25) is 5.43 Å². The average Bonchev–Trinajstić information content (AvgIpc) is 2.62. The minimum atomic E-state index is -1.36. The molecule has 16 heavy (non-hydrogen) atoms. The number of rotatable bonds is 2. The number of fused-ring (bicyclic) bond motifs is 1. The van der Waals surface area contributed by atoms with E-state index in [1.165, 1.54) is 0 Å². The molecule has 0 saturated carbocycles. The number of carboxylic acid groups (broad SMARTS) is 1. The first-order valence-electron chi connectivity index (χ1n) is 4.03. The Morgan fingerprint density at radius 1 is 1.56 bits per heavy atom. The standard InChI is InChI=1S/C8H4N2O5S/c11-6-3-1-5(10(14)15)16-7(3)9-2-4(6)8(12)13/h1-2H,(H,9,11)(H,12,13). The largest absolute Gasteiger partial charge is 0.477 e. The van der Waals surface area contributed by atoms with Gasteiger partial charge < -0.3 is 10.1 Å². The molecular formula is C8H4N2O5S. The smallest absolute Gasteiger partial charge is 0.341 e. The lowest BCUT2D eigenvalue weighted by Crippen LogP contribution is -2.14. The summed E-state index contributed by atoms with van der Waals surface area (Å²) in [4.78, 5) is 34.9. The summed E-state index contributed by atoms with van der Waals surface area (Å²) in [5, 5.41) is 19.0. The molecule has 2 N–H and O–H groups in total. The van der Waals surface area contributed by atoms with Gasteiger partial charge >= 0.3 is 11.0 Å². The van der Waals surface area contributed by atoms with E-state index in [1.807, 2.05) is 0 Å². The van der Waals surface area contributed by atoms with Crippen LogP contribution >= 0.6 is 11.3 Å². The molecule has 0 aromatic carbocycles. The fraction of sp³-hybridized carbons (Fsp3) is 0. The van der Waals surface area contributed by atoms with E-state index in [0.29, 0.717) is 4.83 Å². The molecule has 0 aliphatic carbocycles. The van der Waals surface area contributed by atoms with Gasteiger partial charge in [-0.15, -0.1) is 0 Å². The first-order valence-corrected chi connectivity index (χ1v) is 4.85. The quantitative estimate of drug-likeness (QED) is 0.604. The number of pyridine rings is 1. The second-order valence-electron chi connectivity index (χ2n) is 2.92. The molecular weight excluding hydrogens is 236 g/mol. The molecule has 2 heterocycles. The summed E-state index contributed by atoms with van der Waals surface area (Å²) >= 11 is 0.792. The van der Waals surface area contributed by atoms with Crippen molar-refractivity contribution in [3.05, 3.63) is 38.2 Å². The Morgan fingerprint density at radius 2 is 2.25 bits per heavy atom. The van der Waals surface area contributed by atoms with Crippen molar-refractivity contribution >= 4 is 32.5 Å². The van der Waals surface area contributed by atoms with Gasteiger partial charge in [0.1, 0.15) is 10.4 Å². The number of nitrogens with one attached hydrogen (secondary N) is 1. The first kappa shape index (κ1) is 10.3. The maximum absolute atomic E-state index is 11.6. The number of aromatic amines is 1. The van der Waals surface area contributed by atoms with E-state index in [1.54, 1.807) is 0 Å². The van der Waals surface area contributed by atoms with Gasteiger partial charge in [0.15, 0.2) is 0 Å². The predicted molar refractivity (Wildman–Crippen MR) is 56.1 cm³/mol. The maximum Gasteiger partial charge on any atom is 0.341 e. The van der Waals surface area contributed by atoms with Gasteiger partial charge in [-0.05, 0) is 11.3 Å². The summed E-state index contributed by atoms with van der Waals surface area (Å²) in [6, 6.07) is 1.07. The van der Waals surface area contributed by atoms with Crippen molar-refractivity contribution in [3.63, 3.8) is 0 Å². The topological polar surface area (TPSA) is 113 Å². The van der Waals surface area contributed by atoms with Crippen molar-refractivity contribution in [1.82, 2.24) is 4.98 Å². The monoisotopic (exact) mass is 240 g/mol. The Bertz CT molecular complexity index is 656. The third-order valence-electron chi connectivity index (χ3n) is 1.97. The van der Waals surface area contributed by atoms with Crippen molar-refractivity contribution in [2.24, 2.45) is 0 Å². The van der Waals surface area contributed by atoms with Gasteiger partial charge in [0.05, 0.1) is 10.3 Å². The Balaban J connectivity index is 2.80. The fourth-order valence-corrected chi connectivity index (χ4v) is 2.09. The van der Waals surface area contributed by atoms with Gasteiger partial charge in [0.25, 0.3) is 0 Å². The molecule has 2 aromatic heterocycles. The molecule has 7 nitrogen and oxygen atoms in total. The number of aromatic nitrogens is 1. The molecule has 0 amide bonds. The predicted octanol–water partition coefficient (Wildman–Crippen LogP) is 1.20. The van der Waals surface area contributed by atoms with Crippen molar-refractivity contribution in [3.8, 4) is 0 Å². The molecule has 0 atom stereocenters. The van der Waals surface area contributed by atoms with Gasteiger partial charge in [-0.3, -0.25) is 14.9 Å². The lowest BCUT2D eigenvalue weighted by atomic mass is 10.2. The Morgan fingerprint density at radius 3 is 2.81 bits per heavy atom. The van der Waals surface area contributed by atoms with E-state index in [-0.39, 0.29) is 10.4 Å². The van der Waals surface area contributed by atoms with Crippen LogP contribution in [0, 0.1) is 10.1 Å². The fourth-order valence-electron chi connectivity index (χ4n) is 1.25. The van der Waals surface area contributed by atoms with E-state index in [0.717, 1.165) is 23.6 Å². The number of hydrogen-bond acceptors (Lipinski definition) is 5. The van der Waals surface area contributed by atoms with Crippen LogP contribution in [0.25, 0.3) is 10.2 Å². The summed E-state index contributed by atoms with van der Waals surface area (Å²) in [5.41, 5.74) is -1.15. The third kappa shape index (κ3) is 1.44. The van der Waals surface area contributed by atoms with Crippen LogP contribution in [0.15, 0.2) is 17.1 Å². The van der Waals surface area contributed by atoms with E-state index >= 15 is 0 Å². The third-order valence-corrected chi connectivity index (χ3v) is 2.98. The van der Waals surface area contributed by atoms with E-state index < -0.39 is 21.9 Å². The summed E-state index contributed by atoms with van der Waals surface area (Å²) < 4.78 is 0. The van der Waals surface area contributed by atoms with E-state index in [4.69, 9.17) is 5.11 Å². The maximum atomic E-state index is 11.6. The molecule has 0 aliphatic heterocycles. The SMILES string of the molecule is O=C(O)c1c[nH]c2sc([N+](=O)[O-])cc2c1=O. The van der Waals surface area contributed by atoms with Crippen molar-refractivity contribution in [2.75, 3.05) is 0 Å². The highest BCUT2D eigenvalue weighted by Crippen LogP contribution is 2.27. The summed E-state index contributed by atoms with van der Waals surface area (Å²) in [7, 11) is 0. The van der Waals surface area contributed by atoms with Gasteiger partial charge in [-0.25, -0.2) is 4.79 Å². The van der Waals surface area contributed by atoms with Crippen LogP contribution in [-0.2, 0) is 0 Å². The van der Waals surface area contributed by atoms with E-state index in [9.17, 15) is 19.7 Å². The molecule has 0 radical (unpaired) electrons. The molecule has 2 rings (SSSR count). The highest BCUT2D eigenvalue weighted by molar-refractivity contribution is 7.21. The zero-order valence-corrected chi connectivity index (χ0v) is 8.41. The highest BCUT2D eigenvalue weighted by Gasteiger charge is 2.17. The second-order valence-corrected chi connectivity index (χ2v) is 3.95. The lowest BCUT2D eigenvalue weighted by Gasteiger charge is -1.92. The average molecular weight is 240 g/mol. The van der Waals surface area contributed by atoms with Crippen LogP contribution < -0.4 is 5.43 Å². The molecule has 2 aromatic rings. The van der Waals surface area contributed by atoms with Crippen LogP contribution in [0.2, 0.25) is 0 Å². The van der Waals surface area contributed by atoms with E-state index in [2.05, 4.69) is 4.98 Å². The van der Waals surface area contributed by atoms with Gasteiger partial charge in [0, 0.05) is 12.3 Å². The Labute approximate surface area is 91.1 Å². The number of aromatic carboxylic acids is 1. The van der Waals surface area contributed by atoms with Crippen LogP contribution in [-0.4, -0.2) is 21.0 Å². The normalized spacial score (nSPS) is 10.5. The summed E-state index contributed by atoms with van der Waals surface area (Å²) in [6.07, 6.45) is 1.03. The van der Waals surface area contributed by atoms with Crippen molar-refractivity contribution < 1.29 is 14.8 Å². The number of nitro groups is 1. The summed E-state index contributed by atoms with van der Waals surface area (Å²) in [6.45, 7) is 0. The Kier molecular flexibility index (Phi) is 2.20. The number of H-pyrrole nitrogens is 1. The molecule has 0 aliphatic rings. The number of hydrogen-bond donors (Lipinski definition) is 2. The van der Waals surface area contributed by atoms with Crippen molar-refractivity contribution in [2.45, 2.75) is 0 Å². The van der Waals surface area contributed by atoms with Crippen molar-refractivity contribution in [1.29, 1.82) is 0 Å². The lowest BCUT2D eigenvalue weighted by molar-refractivity contribution is -0.380. The second kappa shape index (κ2) is 3.42. The Hall–Kier alpha value is -2.22. The number of nitrogens with zero attached hydrogens (tertiary/aromatic N) is 1. The molecule has 0 fully saturated rings. The van der Waals surface area contributed by atoms with Crippen LogP contribution in [0.1, 0.15) is 10.4 Å². The number of carboxylic acids is 1. The highest BCUT2D eigenvalue weighted by atomic mass is 32.1. The zero-order valence-electron chi connectivity index (χ0n) is 7.59. The first-order chi connectivity index (χ1) is 7.50. The number of thiophene rings is 1. The molecule has 0 spiro atoms. The minimum absolute atomic E-state index is 0.0246. The van der Waals surface area contributed by atoms with Crippen LogP contribution in [0.3, 0.4) is 0 Å². The molecule has 0 unspecified atom stereocenters. The molecule has 8 heteroatoms. The van der Waals surface area contributed by atoms with Crippen LogP contribution in [0.5, 0.6) is 0 Å². The van der Waals surface area contributed by atoms with Gasteiger partial charge in [-0.2, -0.15) is 0 Å². The summed E-state index contributed by atoms with van der Waals surface area (Å²) in [5.74, 6) is -1.36. The molecule has 82 valence electrons.